The Morgan fingerprint density at radius 3 is 1.91 bits per heavy atom. The molecule has 0 saturated heterocycles. The number of hydrogen-bond donors (Lipinski definition) is 0. The summed E-state index contributed by atoms with van der Waals surface area (Å²) in [5.74, 6) is 1.47. The molecule has 0 unspecified atom stereocenters. The molecule has 0 bridgehead atoms. The summed E-state index contributed by atoms with van der Waals surface area (Å²) >= 11 is 0. The second-order valence-electron chi connectivity index (χ2n) is 7.52. The van der Waals surface area contributed by atoms with E-state index >= 15 is 0 Å². The summed E-state index contributed by atoms with van der Waals surface area (Å²) in [6.45, 7) is 4.58. The third kappa shape index (κ3) is 5.91. The third-order valence-corrected chi connectivity index (χ3v) is 5.72. The molecule has 0 aromatic heterocycles. The highest BCUT2D eigenvalue weighted by Crippen LogP contribution is 2.28. The van der Waals surface area contributed by atoms with Gasteiger partial charge >= 0.3 is 5.91 Å². The Morgan fingerprint density at radius 1 is 0.870 bits per heavy atom. The number of hydrogen-bond acceptors (Lipinski definition) is 2. The van der Waals surface area contributed by atoms with Crippen LogP contribution in [0.25, 0.3) is 0 Å². The molecule has 23 heavy (non-hydrogen) atoms. The first kappa shape index (κ1) is 18.4. The van der Waals surface area contributed by atoms with Gasteiger partial charge in [0.1, 0.15) is 0 Å². The van der Waals surface area contributed by atoms with Gasteiger partial charge in [-0.15, -0.1) is 5.01 Å². The Hall–Kier alpha value is -0.900. The molecule has 0 spiro atoms. The van der Waals surface area contributed by atoms with Gasteiger partial charge in [-0.05, 0) is 18.3 Å². The van der Waals surface area contributed by atoms with Crippen molar-refractivity contribution in [3.05, 3.63) is 0 Å². The number of amides is 2. The maximum Gasteiger partial charge on any atom is 0.385 e. The van der Waals surface area contributed by atoms with Crippen molar-refractivity contribution in [1.29, 1.82) is 0 Å². The fraction of sp³-hybridized carbons (Fsp3) is 0.895. The van der Waals surface area contributed by atoms with Crippen LogP contribution in [-0.4, -0.2) is 29.9 Å². The highest BCUT2D eigenvalue weighted by atomic mass is 16.2. The number of carbonyl (C=O) groups excluding carboxylic acids is 2. The molecule has 0 heterocycles. The van der Waals surface area contributed by atoms with Crippen LogP contribution in [0, 0.1) is 11.8 Å². The molecule has 0 aliphatic heterocycles. The highest BCUT2D eigenvalue weighted by Gasteiger charge is 2.34. The molecule has 2 saturated carbocycles. The molecular weight excluding hydrogens is 288 g/mol. The van der Waals surface area contributed by atoms with E-state index in [1.165, 1.54) is 57.8 Å². The smallest absolute Gasteiger partial charge is 0.270 e. The monoisotopic (exact) mass is 322 g/mol. The molecule has 131 valence electrons. The minimum absolute atomic E-state index is 0.00170. The molecule has 0 aromatic rings. The summed E-state index contributed by atoms with van der Waals surface area (Å²) in [4.78, 5) is 24.2. The second-order valence-corrected chi connectivity index (χ2v) is 7.52. The lowest BCUT2D eigenvalue weighted by molar-refractivity contribution is -0.149. The maximum atomic E-state index is 12.1. The van der Waals surface area contributed by atoms with Crippen LogP contribution in [-0.2, 0) is 9.59 Å². The number of rotatable bonds is 6. The van der Waals surface area contributed by atoms with E-state index in [4.69, 9.17) is 0 Å². The second kappa shape index (κ2) is 9.41. The van der Waals surface area contributed by atoms with Crippen LogP contribution < -0.4 is 5.01 Å². The molecule has 2 aliphatic rings. The maximum absolute atomic E-state index is 12.1. The average Bonchev–Trinajstić information content (AvgIpc) is 3.04. The molecular formula is C19H34N2O2+. The van der Waals surface area contributed by atoms with E-state index in [9.17, 15) is 9.59 Å². The topological polar surface area (TPSA) is 43.3 Å². The summed E-state index contributed by atoms with van der Waals surface area (Å²) in [6, 6.07) is 0. The zero-order chi connectivity index (χ0) is 16.7. The van der Waals surface area contributed by atoms with Gasteiger partial charge in [-0.1, -0.05) is 57.8 Å². The van der Waals surface area contributed by atoms with E-state index in [0.717, 1.165) is 24.7 Å². The van der Waals surface area contributed by atoms with Gasteiger partial charge in [-0.25, -0.2) is 4.79 Å². The van der Waals surface area contributed by atoms with Crippen molar-refractivity contribution < 1.29 is 9.59 Å². The van der Waals surface area contributed by atoms with Crippen LogP contribution >= 0.6 is 0 Å². The molecule has 2 rings (SSSR count). The Balaban J connectivity index is 1.87. The molecule has 2 aliphatic carbocycles. The van der Waals surface area contributed by atoms with Crippen LogP contribution in [0.4, 0.5) is 0 Å². The summed E-state index contributed by atoms with van der Waals surface area (Å²) < 4.78 is 0. The van der Waals surface area contributed by atoms with E-state index in [2.05, 4.69) is 0 Å². The van der Waals surface area contributed by atoms with Gasteiger partial charge in [-0.2, -0.15) is 0 Å². The van der Waals surface area contributed by atoms with E-state index < -0.39 is 0 Å². The van der Waals surface area contributed by atoms with Crippen LogP contribution in [0.1, 0.15) is 84.5 Å². The lowest BCUT2D eigenvalue weighted by atomic mass is 9.87. The third-order valence-electron chi connectivity index (χ3n) is 5.72. The predicted octanol–water partition coefficient (Wildman–Crippen LogP) is 3.99. The summed E-state index contributed by atoms with van der Waals surface area (Å²) in [6.07, 6.45) is 13.9. The molecule has 4 nitrogen and oxygen atoms in total. The van der Waals surface area contributed by atoms with E-state index in [1.807, 2.05) is 0 Å². The largest absolute Gasteiger partial charge is 0.385 e. The summed E-state index contributed by atoms with van der Waals surface area (Å²) in [5.41, 5.74) is 0. The van der Waals surface area contributed by atoms with Crippen molar-refractivity contribution in [2.75, 3.05) is 13.1 Å². The van der Waals surface area contributed by atoms with Gasteiger partial charge in [0, 0.05) is 18.4 Å². The van der Waals surface area contributed by atoms with Crippen LogP contribution in [0.3, 0.4) is 0 Å². The quantitative estimate of drug-likeness (QED) is 0.548. The zero-order valence-electron chi connectivity index (χ0n) is 15.1. The molecule has 2 fully saturated rings. The number of hydrazine groups is 1. The van der Waals surface area contributed by atoms with Crippen molar-refractivity contribution >= 4 is 11.8 Å². The summed E-state index contributed by atoms with van der Waals surface area (Å²) in [5, 5.41) is 3.43. The van der Waals surface area contributed by atoms with Gasteiger partial charge in [0.15, 0.2) is 6.54 Å². The Labute approximate surface area is 141 Å². The first-order chi connectivity index (χ1) is 11.1. The minimum atomic E-state index is 0.00170. The van der Waals surface area contributed by atoms with Gasteiger partial charge < -0.3 is 0 Å². The fourth-order valence-corrected chi connectivity index (χ4v) is 4.28. The van der Waals surface area contributed by atoms with E-state index in [-0.39, 0.29) is 11.8 Å². The lowest BCUT2D eigenvalue weighted by Crippen LogP contribution is -2.54. The van der Waals surface area contributed by atoms with Gasteiger partial charge in [0.05, 0.1) is 13.5 Å². The Kier molecular flexibility index (Phi) is 7.54. The SMILES string of the molecule is CC(=O)N(CCC1CCCC1)[N+](CCC1CCCCC1)C(C)=O. The lowest BCUT2D eigenvalue weighted by Gasteiger charge is -2.25. The van der Waals surface area contributed by atoms with Crippen molar-refractivity contribution in [3.63, 3.8) is 0 Å². The fourth-order valence-electron chi connectivity index (χ4n) is 4.28. The standard InChI is InChI=1S/C19H34N2O2/c1-16(22)20(14-12-18-8-4-3-5-9-18)21(17(2)23)15-13-19-10-6-7-11-19/h18-19H,3-15H2,1-2H3/q+1. The first-order valence-corrected chi connectivity index (χ1v) is 9.64. The zero-order valence-corrected chi connectivity index (χ0v) is 15.1. The summed E-state index contributed by atoms with van der Waals surface area (Å²) in [7, 11) is 0. The van der Waals surface area contributed by atoms with E-state index in [1.54, 1.807) is 23.9 Å². The Morgan fingerprint density at radius 2 is 1.39 bits per heavy atom. The van der Waals surface area contributed by atoms with Crippen LogP contribution in [0.2, 0.25) is 0 Å². The predicted molar refractivity (Wildman–Crippen MR) is 92.8 cm³/mol. The molecule has 0 atom stereocenters. The Bertz CT molecular complexity index is 385. The van der Waals surface area contributed by atoms with Crippen molar-refractivity contribution in [2.45, 2.75) is 84.5 Å². The van der Waals surface area contributed by atoms with Gasteiger partial charge in [0.2, 0.25) is 0 Å². The van der Waals surface area contributed by atoms with Crippen molar-refractivity contribution in [1.82, 2.24) is 10.0 Å². The highest BCUT2D eigenvalue weighted by molar-refractivity contribution is 5.81. The molecule has 0 N–H and O–H groups in total. The normalized spacial score (nSPS) is 20.1. The average molecular weight is 322 g/mol. The molecule has 2 amide bonds. The van der Waals surface area contributed by atoms with Crippen molar-refractivity contribution in [3.8, 4) is 0 Å². The van der Waals surface area contributed by atoms with Gasteiger partial charge in [0.25, 0.3) is 5.91 Å². The molecule has 0 aromatic carbocycles. The first-order valence-electron chi connectivity index (χ1n) is 9.64. The minimum Gasteiger partial charge on any atom is -0.270 e. The molecule has 4 heteroatoms. The number of carbonyl (C=O) groups is 2. The van der Waals surface area contributed by atoms with Gasteiger partial charge in [-0.3, -0.25) is 4.79 Å². The van der Waals surface area contributed by atoms with Crippen LogP contribution in [0.5, 0.6) is 0 Å². The van der Waals surface area contributed by atoms with E-state index in [0.29, 0.717) is 13.1 Å². The van der Waals surface area contributed by atoms with Crippen LogP contribution in [0.15, 0.2) is 0 Å². The molecule has 1 radical (unpaired) electrons. The van der Waals surface area contributed by atoms with Crippen molar-refractivity contribution in [2.24, 2.45) is 11.8 Å². The number of nitrogens with zero attached hydrogens (tertiary/aromatic N) is 2.